The number of carbonyl (C=O) groups excluding carboxylic acids is 2. The molecule has 16 heavy (non-hydrogen) atoms. The molecule has 1 saturated heterocycles. The van der Waals surface area contributed by atoms with Crippen molar-refractivity contribution in [2.45, 2.75) is 20.3 Å². The van der Waals surface area contributed by atoms with Gasteiger partial charge in [-0.15, -0.1) is 6.58 Å². The molecule has 0 aromatic carbocycles. The molecule has 0 aliphatic carbocycles. The third-order valence-corrected chi connectivity index (χ3v) is 2.53. The second-order valence-electron chi connectivity index (χ2n) is 3.74. The van der Waals surface area contributed by atoms with Gasteiger partial charge in [0.05, 0.1) is 6.61 Å². The number of hydrogen-bond donors (Lipinski definition) is 0. The van der Waals surface area contributed by atoms with Gasteiger partial charge >= 0.3 is 5.97 Å². The zero-order valence-electron chi connectivity index (χ0n) is 9.73. The van der Waals surface area contributed by atoms with Crippen molar-refractivity contribution in [2.75, 3.05) is 13.2 Å². The van der Waals surface area contributed by atoms with Crippen LogP contribution in [-0.2, 0) is 14.3 Å². The van der Waals surface area contributed by atoms with E-state index in [1.807, 2.05) is 0 Å². The first-order valence-corrected chi connectivity index (χ1v) is 5.36. The molecule has 0 bridgehead atoms. The van der Waals surface area contributed by atoms with Crippen molar-refractivity contribution < 1.29 is 14.3 Å². The first kappa shape index (κ1) is 12.5. The lowest BCUT2D eigenvalue weighted by molar-refractivity contribution is -0.137. The average Bonchev–Trinajstić information content (AvgIpc) is 2.60. The Morgan fingerprint density at radius 3 is 2.88 bits per heavy atom. The highest BCUT2D eigenvalue weighted by Gasteiger charge is 2.28. The minimum absolute atomic E-state index is 0.0305. The minimum atomic E-state index is -0.408. The molecule has 0 radical (unpaired) electrons. The van der Waals surface area contributed by atoms with Crippen LogP contribution in [0, 0.1) is 5.92 Å². The molecule has 1 heterocycles. The van der Waals surface area contributed by atoms with Crippen molar-refractivity contribution in [1.29, 1.82) is 0 Å². The number of nitrogens with zero attached hydrogens (tertiary/aromatic N) is 1. The van der Waals surface area contributed by atoms with Gasteiger partial charge in [0, 0.05) is 30.7 Å². The highest BCUT2D eigenvalue weighted by molar-refractivity contribution is 5.86. The number of amides is 1. The molecule has 1 amide bonds. The fourth-order valence-corrected chi connectivity index (χ4v) is 1.67. The highest BCUT2D eigenvalue weighted by atomic mass is 16.5. The second-order valence-corrected chi connectivity index (χ2v) is 3.74. The molecular weight excluding hydrogens is 206 g/mol. The van der Waals surface area contributed by atoms with Gasteiger partial charge in [0.25, 0.3) is 0 Å². The normalized spacial score (nSPS) is 21.1. The van der Waals surface area contributed by atoms with Crippen molar-refractivity contribution in [3.8, 4) is 0 Å². The Balaban J connectivity index is 2.67. The molecule has 1 aliphatic rings. The summed E-state index contributed by atoms with van der Waals surface area (Å²) < 4.78 is 4.79. The lowest BCUT2D eigenvalue weighted by atomic mass is 10.1. The molecule has 1 rings (SSSR count). The summed E-state index contributed by atoms with van der Waals surface area (Å²) in [6, 6.07) is 0. The van der Waals surface area contributed by atoms with E-state index in [0.29, 0.717) is 25.3 Å². The summed E-state index contributed by atoms with van der Waals surface area (Å²) in [5, 5.41) is 0. The van der Waals surface area contributed by atoms with E-state index in [1.54, 1.807) is 24.8 Å². The van der Waals surface area contributed by atoms with Crippen LogP contribution in [0.3, 0.4) is 0 Å². The van der Waals surface area contributed by atoms with Gasteiger partial charge in [-0.2, -0.15) is 0 Å². The first-order valence-electron chi connectivity index (χ1n) is 5.36. The molecule has 1 atom stereocenters. The summed E-state index contributed by atoms with van der Waals surface area (Å²) in [6.45, 7) is 8.09. The van der Waals surface area contributed by atoms with Crippen LogP contribution < -0.4 is 0 Å². The van der Waals surface area contributed by atoms with Crippen LogP contribution in [0.5, 0.6) is 0 Å². The Labute approximate surface area is 95.6 Å². The quantitative estimate of drug-likeness (QED) is 0.412. The largest absolute Gasteiger partial charge is 0.463 e. The topological polar surface area (TPSA) is 46.6 Å². The van der Waals surface area contributed by atoms with E-state index in [1.165, 1.54) is 6.08 Å². The Morgan fingerprint density at radius 1 is 1.69 bits per heavy atom. The van der Waals surface area contributed by atoms with Gasteiger partial charge in [0.2, 0.25) is 5.91 Å². The lowest BCUT2D eigenvalue weighted by Gasteiger charge is -2.16. The van der Waals surface area contributed by atoms with Crippen molar-refractivity contribution in [3.05, 3.63) is 24.4 Å². The number of carbonyl (C=O) groups is 2. The van der Waals surface area contributed by atoms with E-state index in [9.17, 15) is 9.59 Å². The first-order chi connectivity index (χ1) is 7.58. The van der Waals surface area contributed by atoms with Gasteiger partial charge in [-0.3, -0.25) is 4.79 Å². The third kappa shape index (κ3) is 2.95. The van der Waals surface area contributed by atoms with E-state index in [0.717, 1.165) is 0 Å². The van der Waals surface area contributed by atoms with E-state index >= 15 is 0 Å². The van der Waals surface area contributed by atoms with Crippen LogP contribution in [0.2, 0.25) is 0 Å². The lowest BCUT2D eigenvalue weighted by Crippen LogP contribution is -2.23. The van der Waals surface area contributed by atoms with Crippen molar-refractivity contribution >= 4 is 11.9 Å². The predicted molar refractivity (Wildman–Crippen MR) is 60.4 cm³/mol. The van der Waals surface area contributed by atoms with E-state index in [-0.39, 0.29) is 11.8 Å². The molecule has 1 aliphatic heterocycles. The van der Waals surface area contributed by atoms with Gasteiger partial charge < -0.3 is 9.64 Å². The summed E-state index contributed by atoms with van der Waals surface area (Å²) in [4.78, 5) is 24.4. The molecule has 88 valence electrons. The Hall–Kier alpha value is -1.58. The van der Waals surface area contributed by atoms with Crippen LogP contribution in [0.1, 0.15) is 20.3 Å². The smallest absolute Gasteiger partial charge is 0.332 e. The minimum Gasteiger partial charge on any atom is -0.463 e. The van der Waals surface area contributed by atoms with Crippen LogP contribution in [0.4, 0.5) is 0 Å². The Morgan fingerprint density at radius 2 is 2.38 bits per heavy atom. The average molecular weight is 223 g/mol. The fraction of sp³-hybridized carbons (Fsp3) is 0.500. The highest BCUT2D eigenvalue weighted by Crippen LogP contribution is 2.22. The number of rotatable bonds is 4. The van der Waals surface area contributed by atoms with E-state index < -0.39 is 5.97 Å². The Bertz CT molecular complexity index is 333. The molecule has 4 nitrogen and oxygen atoms in total. The van der Waals surface area contributed by atoms with Crippen LogP contribution in [-0.4, -0.2) is 29.9 Å². The third-order valence-electron chi connectivity index (χ3n) is 2.53. The van der Waals surface area contributed by atoms with E-state index in [4.69, 9.17) is 4.74 Å². The standard InChI is InChI=1S/C12H17NO3/c1-4-10-7-11(14)13(8-10)9(3)6-12(15)16-5-2/h4,6,10H,1,5,7-8H2,2-3H3. The van der Waals surface area contributed by atoms with Gasteiger partial charge in [0.15, 0.2) is 0 Å². The van der Waals surface area contributed by atoms with Gasteiger partial charge in [-0.25, -0.2) is 4.79 Å². The molecule has 0 N–H and O–H groups in total. The summed E-state index contributed by atoms with van der Waals surface area (Å²) in [5.41, 5.74) is 0.632. The summed E-state index contributed by atoms with van der Waals surface area (Å²) >= 11 is 0. The molecule has 0 saturated carbocycles. The maximum atomic E-state index is 11.6. The van der Waals surface area contributed by atoms with Gasteiger partial charge in [0.1, 0.15) is 0 Å². The van der Waals surface area contributed by atoms with Gasteiger partial charge in [-0.1, -0.05) is 6.08 Å². The zero-order valence-corrected chi connectivity index (χ0v) is 9.73. The number of likely N-dealkylation sites (tertiary alicyclic amines) is 1. The molecule has 1 unspecified atom stereocenters. The second kappa shape index (κ2) is 5.49. The molecule has 0 aromatic heterocycles. The number of hydrogen-bond acceptors (Lipinski definition) is 3. The molecule has 4 heteroatoms. The van der Waals surface area contributed by atoms with Crippen molar-refractivity contribution in [3.63, 3.8) is 0 Å². The van der Waals surface area contributed by atoms with Crippen molar-refractivity contribution in [2.24, 2.45) is 5.92 Å². The van der Waals surface area contributed by atoms with Crippen LogP contribution in [0.15, 0.2) is 24.4 Å². The van der Waals surface area contributed by atoms with Crippen molar-refractivity contribution in [1.82, 2.24) is 4.90 Å². The summed E-state index contributed by atoms with van der Waals surface area (Å²) in [5.74, 6) is -0.198. The van der Waals surface area contributed by atoms with Gasteiger partial charge in [-0.05, 0) is 13.8 Å². The summed E-state index contributed by atoms with van der Waals surface area (Å²) in [7, 11) is 0. The monoisotopic (exact) mass is 223 g/mol. The number of ether oxygens (including phenoxy) is 1. The predicted octanol–water partition coefficient (Wildman–Crippen LogP) is 1.49. The SMILES string of the molecule is C=CC1CC(=O)N(C(C)=CC(=O)OCC)C1. The molecular formula is C12H17NO3. The Kier molecular flexibility index (Phi) is 4.28. The zero-order chi connectivity index (χ0) is 12.1. The molecule has 0 aromatic rings. The number of allylic oxidation sites excluding steroid dienone is 1. The summed E-state index contributed by atoms with van der Waals surface area (Å²) in [6.07, 6.45) is 3.60. The fourth-order valence-electron chi connectivity index (χ4n) is 1.67. The molecule has 0 spiro atoms. The maximum absolute atomic E-state index is 11.6. The van der Waals surface area contributed by atoms with Crippen LogP contribution in [0.25, 0.3) is 0 Å². The van der Waals surface area contributed by atoms with E-state index in [2.05, 4.69) is 6.58 Å². The maximum Gasteiger partial charge on any atom is 0.332 e. The number of esters is 1. The van der Waals surface area contributed by atoms with Crippen LogP contribution >= 0.6 is 0 Å². The molecule has 1 fully saturated rings.